The molecular weight excluding hydrogens is 501 g/mol. The number of hydrogen-bond acceptors (Lipinski definition) is 8. The molecule has 1 aromatic carbocycles. The zero-order chi connectivity index (χ0) is 26.0. The summed E-state index contributed by atoms with van der Waals surface area (Å²) in [5, 5.41) is 0.0203. The first kappa shape index (κ1) is 28.8. The van der Waals surface area contributed by atoms with Crippen LogP contribution in [-0.2, 0) is 33.4 Å². The molecule has 2 rings (SSSR count). The summed E-state index contributed by atoms with van der Waals surface area (Å²) in [4.78, 5) is 51.3. The molecule has 0 heterocycles. The third-order valence-electron chi connectivity index (χ3n) is 5.05. The van der Waals surface area contributed by atoms with Crippen molar-refractivity contribution in [2.24, 2.45) is 0 Å². The zero-order valence-electron chi connectivity index (χ0n) is 20.0. The third-order valence-corrected chi connectivity index (χ3v) is 6.50. The molecule has 35 heavy (non-hydrogen) atoms. The Kier molecular flexibility index (Phi) is 11.7. The molecule has 1 aliphatic rings. The number of nitrogens with zero attached hydrogens (tertiary/aromatic N) is 1. The summed E-state index contributed by atoms with van der Waals surface area (Å²) in [5.74, 6) is -3.65. The Morgan fingerprint density at radius 1 is 1.03 bits per heavy atom. The Bertz CT molecular complexity index is 998. The summed E-state index contributed by atoms with van der Waals surface area (Å²) in [6, 6.07) is 2.22. The molecule has 0 saturated carbocycles. The van der Waals surface area contributed by atoms with E-state index < -0.39 is 29.6 Å². The molecule has 0 fully saturated rings. The second-order valence-corrected chi connectivity index (χ2v) is 8.91. The first-order valence-corrected chi connectivity index (χ1v) is 12.7. The molecule has 0 aliphatic heterocycles. The summed E-state index contributed by atoms with van der Waals surface area (Å²) in [6.45, 7) is 5.55. The summed E-state index contributed by atoms with van der Waals surface area (Å²) in [7, 11) is 0. The molecule has 11 heteroatoms. The van der Waals surface area contributed by atoms with Gasteiger partial charge in [-0.15, -0.1) is 11.8 Å². The monoisotopic (exact) mass is 529 g/mol. The zero-order valence-corrected chi connectivity index (χ0v) is 21.6. The van der Waals surface area contributed by atoms with Gasteiger partial charge in [0.1, 0.15) is 12.4 Å². The van der Waals surface area contributed by atoms with Crippen molar-refractivity contribution in [2.75, 3.05) is 37.1 Å². The number of carbonyl (C=O) groups is 4. The van der Waals surface area contributed by atoms with Crippen LogP contribution in [0.15, 0.2) is 28.2 Å². The van der Waals surface area contributed by atoms with Gasteiger partial charge in [-0.2, -0.15) is 0 Å². The van der Waals surface area contributed by atoms with Crippen molar-refractivity contribution in [3.05, 3.63) is 34.1 Å². The number of ether oxygens (including phenoxy) is 3. The quantitative estimate of drug-likeness (QED) is 0.235. The largest absolute Gasteiger partial charge is 0.465 e. The first-order valence-electron chi connectivity index (χ1n) is 11.3. The van der Waals surface area contributed by atoms with Crippen LogP contribution in [0.2, 0.25) is 5.02 Å². The Morgan fingerprint density at radius 3 is 2.34 bits per heavy atom. The van der Waals surface area contributed by atoms with Gasteiger partial charge >= 0.3 is 11.9 Å². The summed E-state index contributed by atoms with van der Waals surface area (Å²) < 4.78 is 30.2. The minimum atomic E-state index is -0.892. The van der Waals surface area contributed by atoms with Gasteiger partial charge in [0.25, 0.3) is 5.91 Å². The highest BCUT2D eigenvalue weighted by molar-refractivity contribution is 8.00. The standard InChI is InChI=1S/C24H29ClFNO7S/c1-4-32-10-11-34-24(31)17-9-7-6-8-16(17)23(30)27(15(3)28)20-13-21(18(25)12-19(20)26)35-14-22(29)33-5-2/h12-13H,4-11,14H2,1-3H3. The number of imide groups is 1. The Labute approximate surface area is 213 Å². The molecule has 0 aromatic heterocycles. The predicted molar refractivity (Wildman–Crippen MR) is 130 cm³/mol. The third kappa shape index (κ3) is 8.05. The number of hydrogen-bond donors (Lipinski definition) is 0. The van der Waals surface area contributed by atoms with E-state index in [0.717, 1.165) is 24.8 Å². The molecule has 2 amide bonds. The van der Waals surface area contributed by atoms with Crippen molar-refractivity contribution >= 4 is 52.8 Å². The Hall–Kier alpha value is -2.43. The molecule has 1 aliphatic carbocycles. The fourth-order valence-electron chi connectivity index (χ4n) is 3.49. The summed E-state index contributed by atoms with van der Waals surface area (Å²) in [6.07, 6.45) is 1.87. The number of amides is 2. The lowest BCUT2D eigenvalue weighted by Gasteiger charge is -2.25. The van der Waals surface area contributed by atoms with Crippen LogP contribution in [0.1, 0.15) is 46.5 Å². The van der Waals surface area contributed by atoms with E-state index in [4.69, 9.17) is 25.8 Å². The predicted octanol–water partition coefficient (Wildman–Crippen LogP) is 4.46. The van der Waals surface area contributed by atoms with Crippen LogP contribution in [-0.4, -0.2) is 55.9 Å². The van der Waals surface area contributed by atoms with Gasteiger partial charge in [0.2, 0.25) is 5.91 Å². The average Bonchev–Trinajstić information content (AvgIpc) is 2.82. The van der Waals surface area contributed by atoms with Crippen molar-refractivity contribution in [1.82, 2.24) is 0 Å². The number of thioether (sulfide) groups is 1. The molecule has 0 radical (unpaired) electrons. The summed E-state index contributed by atoms with van der Waals surface area (Å²) >= 11 is 7.12. The Balaban J connectivity index is 2.38. The van der Waals surface area contributed by atoms with Gasteiger partial charge in [-0.25, -0.2) is 14.1 Å². The molecule has 0 unspecified atom stereocenters. The van der Waals surface area contributed by atoms with Gasteiger partial charge in [-0.1, -0.05) is 11.6 Å². The minimum Gasteiger partial charge on any atom is -0.465 e. The van der Waals surface area contributed by atoms with E-state index in [1.54, 1.807) is 6.92 Å². The van der Waals surface area contributed by atoms with Crippen LogP contribution in [0.25, 0.3) is 0 Å². The van der Waals surface area contributed by atoms with Crippen molar-refractivity contribution in [3.63, 3.8) is 0 Å². The van der Waals surface area contributed by atoms with Gasteiger partial charge in [0, 0.05) is 29.6 Å². The molecule has 1 aromatic rings. The maximum Gasteiger partial charge on any atom is 0.334 e. The fourth-order valence-corrected chi connectivity index (χ4v) is 4.55. The van der Waals surface area contributed by atoms with E-state index in [2.05, 4.69) is 0 Å². The van der Waals surface area contributed by atoms with Crippen molar-refractivity contribution in [3.8, 4) is 0 Å². The normalized spacial score (nSPS) is 13.4. The SMILES string of the molecule is CCOCCOC(=O)C1=C(C(=O)N(C(C)=O)c2cc(SCC(=O)OCC)c(Cl)cc2F)CCCC1. The number of benzene rings is 1. The van der Waals surface area contributed by atoms with E-state index in [1.807, 2.05) is 6.92 Å². The molecule has 0 saturated heterocycles. The lowest BCUT2D eigenvalue weighted by Crippen LogP contribution is -2.38. The molecule has 0 N–H and O–H groups in total. The second-order valence-electron chi connectivity index (χ2n) is 7.48. The molecule has 192 valence electrons. The second kappa shape index (κ2) is 14.2. The van der Waals surface area contributed by atoms with Gasteiger partial charge in [0.05, 0.1) is 29.7 Å². The Morgan fingerprint density at radius 2 is 1.71 bits per heavy atom. The maximum atomic E-state index is 14.9. The molecule has 0 atom stereocenters. The van der Waals surface area contributed by atoms with Crippen LogP contribution >= 0.6 is 23.4 Å². The van der Waals surface area contributed by atoms with Crippen molar-refractivity contribution in [2.45, 2.75) is 51.3 Å². The van der Waals surface area contributed by atoms with Gasteiger partial charge in [0.15, 0.2) is 0 Å². The van der Waals surface area contributed by atoms with E-state index in [9.17, 15) is 23.6 Å². The number of carbonyl (C=O) groups excluding carboxylic acids is 4. The lowest BCUT2D eigenvalue weighted by atomic mass is 9.90. The topological polar surface area (TPSA) is 99.2 Å². The minimum absolute atomic E-state index is 0.0203. The number of anilines is 1. The number of halogens is 2. The number of rotatable bonds is 11. The first-order chi connectivity index (χ1) is 16.7. The molecular formula is C24H29ClFNO7S. The number of esters is 2. The molecule has 0 bridgehead atoms. The van der Waals surface area contributed by atoms with E-state index in [0.29, 0.717) is 35.7 Å². The molecule has 8 nitrogen and oxygen atoms in total. The highest BCUT2D eigenvalue weighted by atomic mass is 35.5. The average molecular weight is 530 g/mol. The van der Waals surface area contributed by atoms with E-state index >= 15 is 0 Å². The fraction of sp³-hybridized carbons (Fsp3) is 0.500. The van der Waals surface area contributed by atoms with Gasteiger partial charge < -0.3 is 14.2 Å². The van der Waals surface area contributed by atoms with Crippen LogP contribution in [0.5, 0.6) is 0 Å². The van der Waals surface area contributed by atoms with Gasteiger partial charge in [-0.3, -0.25) is 14.4 Å². The van der Waals surface area contributed by atoms with Gasteiger partial charge in [-0.05, 0) is 51.7 Å². The van der Waals surface area contributed by atoms with Crippen molar-refractivity contribution < 1.29 is 37.8 Å². The summed E-state index contributed by atoms with van der Waals surface area (Å²) in [5.41, 5.74) is -0.0291. The van der Waals surface area contributed by atoms with Crippen LogP contribution in [0.4, 0.5) is 10.1 Å². The van der Waals surface area contributed by atoms with E-state index in [1.165, 1.54) is 6.07 Å². The highest BCUT2D eigenvalue weighted by Gasteiger charge is 2.32. The van der Waals surface area contributed by atoms with Crippen LogP contribution in [0.3, 0.4) is 0 Å². The van der Waals surface area contributed by atoms with Crippen molar-refractivity contribution in [1.29, 1.82) is 0 Å². The smallest absolute Gasteiger partial charge is 0.334 e. The lowest BCUT2D eigenvalue weighted by molar-refractivity contribution is -0.141. The highest BCUT2D eigenvalue weighted by Crippen LogP contribution is 2.36. The maximum absolute atomic E-state index is 14.9. The molecule has 0 spiro atoms. The van der Waals surface area contributed by atoms with Crippen LogP contribution < -0.4 is 4.90 Å². The van der Waals surface area contributed by atoms with E-state index in [-0.39, 0.29) is 53.9 Å². The van der Waals surface area contributed by atoms with Crippen LogP contribution in [0, 0.1) is 5.82 Å².